The van der Waals surface area contributed by atoms with Gasteiger partial charge in [-0.2, -0.15) is 13.2 Å². The monoisotopic (exact) mass is 525 g/mol. The van der Waals surface area contributed by atoms with Crippen LogP contribution in [-0.4, -0.2) is 66.2 Å². The van der Waals surface area contributed by atoms with Crippen LogP contribution in [0.2, 0.25) is 0 Å². The quantitative estimate of drug-likeness (QED) is 0.538. The zero-order valence-corrected chi connectivity index (χ0v) is 18.7. The molecule has 29 heavy (non-hydrogen) atoms. The zero-order chi connectivity index (χ0) is 21.2. The third-order valence-electron chi connectivity index (χ3n) is 5.39. The van der Waals surface area contributed by atoms with Crippen LogP contribution >= 0.6 is 22.6 Å². The van der Waals surface area contributed by atoms with E-state index >= 15 is 0 Å². The van der Waals surface area contributed by atoms with Gasteiger partial charge in [0.2, 0.25) is 0 Å². The molecule has 2 aromatic rings. The third kappa shape index (κ3) is 5.77. The Morgan fingerprint density at radius 1 is 1.38 bits per heavy atom. The molecular weight excluding hydrogens is 498 g/mol. The van der Waals surface area contributed by atoms with Crippen LogP contribution in [-0.2, 0) is 11.3 Å². The van der Waals surface area contributed by atoms with Crippen molar-refractivity contribution in [3.05, 3.63) is 28.0 Å². The smallest absolute Gasteiger partial charge is 0.389 e. The van der Waals surface area contributed by atoms with Gasteiger partial charge in [-0.25, -0.2) is 0 Å². The second-order valence-corrected chi connectivity index (χ2v) is 8.90. The van der Waals surface area contributed by atoms with Gasteiger partial charge in [0.1, 0.15) is 6.54 Å². The van der Waals surface area contributed by atoms with Crippen LogP contribution in [0, 0.1) is 9.62 Å². The number of nitrogens with zero attached hydrogens (tertiary/aromatic N) is 2. The van der Waals surface area contributed by atoms with Gasteiger partial charge in [0.05, 0.1) is 21.9 Å². The van der Waals surface area contributed by atoms with Crippen LogP contribution < -0.4 is 5.32 Å². The fourth-order valence-electron chi connectivity index (χ4n) is 4.07. The second kappa shape index (κ2) is 9.40. The van der Waals surface area contributed by atoms with E-state index in [1.807, 2.05) is 34.7 Å². The Balaban J connectivity index is 1.72. The third-order valence-corrected chi connectivity index (χ3v) is 6.28. The van der Waals surface area contributed by atoms with E-state index < -0.39 is 18.8 Å². The number of benzene rings is 1. The van der Waals surface area contributed by atoms with E-state index in [1.54, 1.807) is 19.2 Å². The van der Waals surface area contributed by atoms with Crippen LogP contribution in [0.1, 0.15) is 13.3 Å². The summed E-state index contributed by atoms with van der Waals surface area (Å²) in [5.74, 6) is 0.338. The first-order valence-electron chi connectivity index (χ1n) is 9.68. The highest BCUT2D eigenvalue weighted by molar-refractivity contribution is 14.1. The largest absolute Gasteiger partial charge is 0.406 e. The predicted molar refractivity (Wildman–Crippen MR) is 116 cm³/mol. The summed E-state index contributed by atoms with van der Waals surface area (Å²) < 4.78 is 45.7. The summed E-state index contributed by atoms with van der Waals surface area (Å²) in [6.45, 7) is 3.77. The van der Waals surface area contributed by atoms with Crippen molar-refractivity contribution in [1.29, 1.82) is 0 Å². The van der Waals surface area contributed by atoms with E-state index in [1.165, 1.54) is 4.57 Å². The zero-order valence-electron chi connectivity index (χ0n) is 16.5. The van der Waals surface area contributed by atoms with Gasteiger partial charge in [0.25, 0.3) is 0 Å². The number of ether oxygens (including phenoxy) is 1. The first kappa shape index (κ1) is 22.6. The average Bonchev–Trinajstić information content (AvgIpc) is 2.93. The number of β-amino-alcohol motifs (C(OH)–C–C–N with tert-alkyl or cyclic N) is 1. The Bertz CT molecular complexity index is 827. The van der Waals surface area contributed by atoms with Crippen molar-refractivity contribution in [2.45, 2.75) is 38.2 Å². The first-order chi connectivity index (χ1) is 13.7. The molecule has 1 fully saturated rings. The molecule has 2 N–H and O–H groups in total. The lowest BCUT2D eigenvalue weighted by Gasteiger charge is -2.38. The maximum Gasteiger partial charge on any atom is 0.406 e. The number of aliphatic hydroxyl groups is 1. The molecule has 3 unspecified atom stereocenters. The van der Waals surface area contributed by atoms with E-state index in [0.717, 1.165) is 30.6 Å². The van der Waals surface area contributed by atoms with E-state index in [0.29, 0.717) is 28.3 Å². The van der Waals surface area contributed by atoms with Crippen LogP contribution in [0.3, 0.4) is 0 Å². The molecule has 0 bridgehead atoms. The summed E-state index contributed by atoms with van der Waals surface area (Å²) in [6, 6.07) is 7.49. The van der Waals surface area contributed by atoms with Crippen molar-refractivity contribution in [3.8, 4) is 0 Å². The average molecular weight is 525 g/mol. The molecule has 0 amide bonds. The maximum absolute atomic E-state index is 13.0. The van der Waals surface area contributed by atoms with Crippen molar-refractivity contribution in [3.63, 3.8) is 0 Å². The summed E-state index contributed by atoms with van der Waals surface area (Å²) in [5, 5.41) is 14.3. The van der Waals surface area contributed by atoms with E-state index in [-0.39, 0.29) is 6.04 Å². The van der Waals surface area contributed by atoms with Crippen LogP contribution in [0.5, 0.6) is 0 Å². The normalized spacial score (nSPS) is 22.2. The molecule has 1 aliphatic rings. The SMILES string of the molecule is COCC(O)CN1CCC(Nc2cccc3c2cc(I)n3CC(F)(F)F)C(C)C1. The number of aliphatic hydroxyl groups excluding tert-OH is 1. The number of rotatable bonds is 7. The maximum atomic E-state index is 13.0. The first-order valence-corrected chi connectivity index (χ1v) is 10.8. The van der Waals surface area contributed by atoms with E-state index in [9.17, 15) is 18.3 Å². The van der Waals surface area contributed by atoms with Gasteiger partial charge < -0.3 is 24.6 Å². The molecule has 1 aromatic carbocycles. The van der Waals surface area contributed by atoms with Crippen LogP contribution in [0.4, 0.5) is 18.9 Å². The van der Waals surface area contributed by atoms with Gasteiger partial charge in [0, 0.05) is 43.9 Å². The highest BCUT2D eigenvalue weighted by atomic mass is 127. The molecule has 2 heterocycles. The van der Waals surface area contributed by atoms with E-state index in [4.69, 9.17) is 4.74 Å². The van der Waals surface area contributed by atoms with Gasteiger partial charge in [-0.3, -0.25) is 0 Å². The van der Waals surface area contributed by atoms with Gasteiger partial charge >= 0.3 is 6.18 Å². The Morgan fingerprint density at radius 3 is 2.79 bits per heavy atom. The minimum Gasteiger partial charge on any atom is -0.389 e. The fourth-order valence-corrected chi connectivity index (χ4v) is 4.81. The Hall–Kier alpha value is -1.04. The number of nitrogens with one attached hydrogen (secondary N) is 1. The molecule has 1 aromatic heterocycles. The number of likely N-dealkylation sites (tertiary alicyclic amines) is 1. The number of piperidine rings is 1. The molecule has 1 saturated heterocycles. The molecule has 162 valence electrons. The minimum atomic E-state index is -4.26. The van der Waals surface area contributed by atoms with Crippen molar-refractivity contribution in [2.24, 2.45) is 5.92 Å². The highest BCUT2D eigenvalue weighted by Crippen LogP contribution is 2.32. The summed E-state index contributed by atoms with van der Waals surface area (Å²) in [6.07, 6.45) is -3.86. The molecular formula is C20H27F3IN3O2. The van der Waals surface area contributed by atoms with Crippen LogP contribution in [0.25, 0.3) is 10.9 Å². The summed E-state index contributed by atoms with van der Waals surface area (Å²) in [4.78, 5) is 2.23. The fraction of sp³-hybridized carbons (Fsp3) is 0.600. The van der Waals surface area contributed by atoms with Crippen molar-refractivity contribution in [1.82, 2.24) is 9.47 Å². The number of hydrogen-bond donors (Lipinski definition) is 2. The number of methoxy groups -OCH3 is 1. The van der Waals surface area contributed by atoms with Crippen molar-refractivity contribution >= 4 is 39.2 Å². The molecule has 5 nitrogen and oxygen atoms in total. The Morgan fingerprint density at radius 2 is 2.14 bits per heavy atom. The van der Waals surface area contributed by atoms with Gasteiger partial charge in [-0.05, 0) is 53.1 Å². The van der Waals surface area contributed by atoms with Crippen LogP contribution in [0.15, 0.2) is 24.3 Å². The Kier molecular flexibility index (Phi) is 7.34. The number of hydrogen-bond acceptors (Lipinski definition) is 4. The number of aromatic nitrogens is 1. The van der Waals surface area contributed by atoms with Gasteiger partial charge in [0.15, 0.2) is 0 Å². The number of halogens is 4. The Labute approximate surface area is 182 Å². The van der Waals surface area contributed by atoms with Crippen molar-refractivity contribution < 1.29 is 23.0 Å². The summed E-state index contributed by atoms with van der Waals surface area (Å²) in [7, 11) is 1.58. The molecule has 3 atom stereocenters. The molecule has 3 rings (SSSR count). The van der Waals surface area contributed by atoms with E-state index in [2.05, 4.69) is 17.1 Å². The summed E-state index contributed by atoms with van der Waals surface area (Å²) in [5.41, 5.74) is 1.45. The molecule has 0 aliphatic carbocycles. The topological polar surface area (TPSA) is 49.7 Å². The van der Waals surface area contributed by atoms with Gasteiger partial charge in [-0.15, -0.1) is 0 Å². The lowest BCUT2D eigenvalue weighted by molar-refractivity contribution is -0.140. The number of anilines is 1. The second-order valence-electron chi connectivity index (χ2n) is 7.79. The van der Waals surface area contributed by atoms with Gasteiger partial charge in [-0.1, -0.05) is 13.0 Å². The summed E-state index contributed by atoms with van der Waals surface area (Å²) >= 11 is 1.96. The van der Waals surface area contributed by atoms with Crippen molar-refractivity contribution in [2.75, 3.05) is 38.7 Å². The molecule has 0 radical (unpaired) electrons. The molecule has 0 spiro atoms. The predicted octanol–water partition coefficient (Wildman–Crippen LogP) is 3.94. The molecule has 9 heteroatoms. The lowest BCUT2D eigenvalue weighted by Crippen LogP contribution is -2.48. The molecule has 1 aliphatic heterocycles. The number of fused-ring (bicyclic) bond motifs is 1. The standard InChI is InChI=1S/C20H27F3IN3O2/c1-13-9-26(10-14(28)11-29-2)7-6-16(13)25-17-4-3-5-18-15(17)8-19(24)27(18)12-20(21,22)23/h3-5,8,13-14,16,25,28H,6-7,9-12H2,1-2H3. The number of alkyl halides is 3. The lowest BCUT2D eigenvalue weighted by atomic mass is 9.93. The highest BCUT2D eigenvalue weighted by Gasteiger charge is 2.30. The molecule has 0 saturated carbocycles. The minimum absolute atomic E-state index is 0.222.